The van der Waals surface area contributed by atoms with Crippen molar-refractivity contribution in [2.45, 2.75) is 58.4 Å². The number of rotatable bonds is 6. The van der Waals surface area contributed by atoms with E-state index in [1.54, 1.807) is 0 Å². The van der Waals surface area contributed by atoms with E-state index in [2.05, 4.69) is 5.32 Å². The molecule has 2 fully saturated rings. The molecule has 2 saturated heterocycles. The maximum atomic E-state index is 12.8. The van der Waals surface area contributed by atoms with E-state index >= 15 is 0 Å². The van der Waals surface area contributed by atoms with Crippen LogP contribution in [0.15, 0.2) is 0 Å². The minimum Gasteiger partial charge on any atom is -0.465 e. The van der Waals surface area contributed by atoms with Crippen LogP contribution in [-0.4, -0.2) is 61.2 Å². The molecule has 4 heterocycles. The molecule has 0 aromatic carbocycles. The van der Waals surface area contributed by atoms with Crippen molar-refractivity contribution in [3.05, 3.63) is 17.0 Å². The first kappa shape index (κ1) is 21.3. The quantitative estimate of drug-likeness (QED) is 0.559. The number of ether oxygens (including phenoxy) is 3. The lowest BCUT2D eigenvalue weighted by molar-refractivity contribution is -0.153. The summed E-state index contributed by atoms with van der Waals surface area (Å²) in [7, 11) is 0. The van der Waals surface area contributed by atoms with Gasteiger partial charge in [-0.3, -0.25) is 14.3 Å². The maximum absolute atomic E-state index is 12.8. The molecule has 0 bridgehead atoms. The van der Waals surface area contributed by atoms with E-state index in [1.165, 1.54) is 0 Å². The van der Waals surface area contributed by atoms with Gasteiger partial charge in [-0.1, -0.05) is 6.92 Å². The smallest absolute Gasteiger partial charge is 0.311 e. The third kappa shape index (κ3) is 4.54. The summed E-state index contributed by atoms with van der Waals surface area (Å²) in [5, 5.41) is 7.89. The number of aromatic nitrogens is 2. The van der Waals surface area contributed by atoms with Gasteiger partial charge in [-0.15, -0.1) is 0 Å². The van der Waals surface area contributed by atoms with Crippen molar-refractivity contribution < 1.29 is 23.8 Å². The molecule has 30 heavy (non-hydrogen) atoms. The van der Waals surface area contributed by atoms with Crippen LogP contribution in [0.3, 0.4) is 0 Å². The number of amides is 1. The van der Waals surface area contributed by atoms with Crippen molar-refractivity contribution in [2.75, 3.05) is 39.6 Å². The summed E-state index contributed by atoms with van der Waals surface area (Å²) in [4.78, 5) is 25.0. The fraction of sp³-hybridized carbons (Fsp3) is 0.773. The van der Waals surface area contributed by atoms with E-state index in [9.17, 15) is 9.59 Å². The highest BCUT2D eigenvalue weighted by Crippen LogP contribution is 2.37. The van der Waals surface area contributed by atoms with Crippen LogP contribution in [0, 0.1) is 11.3 Å². The third-order valence-electron chi connectivity index (χ3n) is 6.66. The fourth-order valence-corrected chi connectivity index (χ4v) is 4.79. The second kappa shape index (κ2) is 9.47. The molecule has 1 spiro atoms. The molecule has 1 unspecified atom stereocenters. The molecule has 1 amide bonds. The van der Waals surface area contributed by atoms with E-state index in [4.69, 9.17) is 19.3 Å². The average molecular weight is 420 g/mol. The molecule has 1 aromatic rings. The molecular formula is C22H33N3O5. The van der Waals surface area contributed by atoms with Crippen molar-refractivity contribution in [1.29, 1.82) is 0 Å². The van der Waals surface area contributed by atoms with Gasteiger partial charge in [0.1, 0.15) is 0 Å². The van der Waals surface area contributed by atoms with Gasteiger partial charge in [-0.25, -0.2) is 0 Å². The number of nitrogens with one attached hydrogen (secondary N) is 1. The second-order valence-electron chi connectivity index (χ2n) is 8.75. The Labute approximate surface area is 177 Å². The van der Waals surface area contributed by atoms with Gasteiger partial charge >= 0.3 is 5.97 Å². The average Bonchev–Trinajstić information content (AvgIpc) is 3.06. The zero-order valence-corrected chi connectivity index (χ0v) is 17.9. The van der Waals surface area contributed by atoms with E-state index in [1.807, 2.05) is 11.6 Å². The second-order valence-corrected chi connectivity index (χ2v) is 8.75. The van der Waals surface area contributed by atoms with Crippen LogP contribution in [0.4, 0.5) is 0 Å². The Bertz CT molecular complexity index is 763. The topological polar surface area (TPSA) is 91.7 Å². The standard InChI is InChI=1S/C22H33N3O5/c1-2-17-19-18(13-22(15-23-20(19)26)6-11-28-12-7-22)25(24-17)8-4-10-30-21(27)16-5-3-9-29-14-16/h16H,2-15H2,1H3,(H,23,26). The number of fused-ring (bicyclic) bond motifs is 1. The largest absolute Gasteiger partial charge is 0.465 e. The summed E-state index contributed by atoms with van der Waals surface area (Å²) >= 11 is 0. The minimum atomic E-state index is -0.163. The molecule has 3 aliphatic rings. The monoisotopic (exact) mass is 419 g/mol. The Hall–Kier alpha value is -1.93. The van der Waals surface area contributed by atoms with Crippen LogP contribution < -0.4 is 5.32 Å². The van der Waals surface area contributed by atoms with Crippen LogP contribution in [0.1, 0.15) is 60.8 Å². The van der Waals surface area contributed by atoms with Crippen LogP contribution in [0.25, 0.3) is 0 Å². The van der Waals surface area contributed by atoms with Gasteiger partial charge in [0, 0.05) is 39.3 Å². The zero-order valence-electron chi connectivity index (χ0n) is 17.9. The van der Waals surface area contributed by atoms with Crippen LogP contribution in [0.5, 0.6) is 0 Å². The van der Waals surface area contributed by atoms with E-state index < -0.39 is 0 Å². The number of hydrogen-bond acceptors (Lipinski definition) is 6. The van der Waals surface area contributed by atoms with Crippen molar-refractivity contribution in [1.82, 2.24) is 15.1 Å². The lowest BCUT2D eigenvalue weighted by Crippen LogP contribution is -2.40. The number of nitrogens with zero attached hydrogens (tertiary/aromatic N) is 2. The first-order valence-corrected chi connectivity index (χ1v) is 11.3. The predicted molar refractivity (Wildman–Crippen MR) is 109 cm³/mol. The summed E-state index contributed by atoms with van der Waals surface area (Å²) in [6.07, 6.45) is 5.86. The highest BCUT2D eigenvalue weighted by Gasteiger charge is 2.39. The van der Waals surface area contributed by atoms with Crippen LogP contribution in [0.2, 0.25) is 0 Å². The highest BCUT2D eigenvalue weighted by molar-refractivity contribution is 5.97. The number of carbonyl (C=O) groups excluding carboxylic acids is 2. The summed E-state index contributed by atoms with van der Waals surface area (Å²) in [5.74, 6) is -0.313. The highest BCUT2D eigenvalue weighted by atomic mass is 16.5. The van der Waals surface area contributed by atoms with Crippen molar-refractivity contribution in [3.63, 3.8) is 0 Å². The summed E-state index contributed by atoms with van der Waals surface area (Å²) in [6.45, 7) is 6.38. The lowest BCUT2D eigenvalue weighted by atomic mass is 9.76. The zero-order chi connectivity index (χ0) is 21.0. The maximum Gasteiger partial charge on any atom is 0.311 e. The molecule has 8 heteroatoms. The summed E-state index contributed by atoms with van der Waals surface area (Å²) in [6, 6.07) is 0. The molecule has 1 N–H and O–H groups in total. The molecule has 0 aliphatic carbocycles. The van der Waals surface area contributed by atoms with E-state index in [0.29, 0.717) is 32.7 Å². The van der Waals surface area contributed by atoms with Crippen LogP contribution >= 0.6 is 0 Å². The number of hydrogen-bond donors (Lipinski definition) is 1. The Kier molecular flexibility index (Phi) is 6.73. The fourth-order valence-electron chi connectivity index (χ4n) is 4.79. The number of aryl methyl sites for hydroxylation is 2. The van der Waals surface area contributed by atoms with Crippen LogP contribution in [-0.2, 0) is 38.4 Å². The van der Waals surface area contributed by atoms with E-state index in [-0.39, 0.29) is 23.2 Å². The Morgan fingerprint density at radius 3 is 2.87 bits per heavy atom. The predicted octanol–water partition coefficient (Wildman–Crippen LogP) is 1.89. The molecule has 1 aromatic heterocycles. The van der Waals surface area contributed by atoms with Crippen molar-refractivity contribution in [3.8, 4) is 0 Å². The molecule has 0 radical (unpaired) electrons. The van der Waals surface area contributed by atoms with Gasteiger partial charge in [-0.05, 0) is 43.9 Å². The normalized spacial score (nSPS) is 23.5. The van der Waals surface area contributed by atoms with Gasteiger partial charge in [-0.2, -0.15) is 5.10 Å². The molecule has 1 atom stereocenters. The molecule has 0 saturated carbocycles. The Morgan fingerprint density at radius 2 is 2.13 bits per heavy atom. The molecule has 166 valence electrons. The molecule has 3 aliphatic heterocycles. The van der Waals surface area contributed by atoms with Crippen molar-refractivity contribution >= 4 is 11.9 Å². The molecule has 4 rings (SSSR count). The summed E-state index contributed by atoms with van der Waals surface area (Å²) < 4.78 is 18.4. The Balaban J connectivity index is 1.42. The van der Waals surface area contributed by atoms with Gasteiger partial charge in [0.15, 0.2) is 0 Å². The number of carbonyl (C=O) groups is 2. The van der Waals surface area contributed by atoms with Gasteiger partial charge < -0.3 is 19.5 Å². The van der Waals surface area contributed by atoms with E-state index in [0.717, 1.165) is 75.3 Å². The SMILES string of the molecule is CCc1nn(CCCOC(=O)C2CCCOC2)c2c1C(=O)NCC1(CCOCC1)C2. The van der Waals surface area contributed by atoms with Gasteiger partial charge in [0.25, 0.3) is 5.91 Å². The third-order valence-corrected chi connectivity index (χ3v) is 6.66. The van der Waals surface area contributed by atoms with Gasteiger partial charge in [0.05, 0.1) is 36.1 Å². The first-order valence-electron chi connectivity index (χ1n) is 11.3. The summed E-state index contributed by atoms with van der Waals surface area (Å²) in [5.41, 5.74) is 2.66. The molecular weight excluding hydrogens is 386 g/mol. The lowest BCUT2D eigenvalue weighted by Gasteiger charge is -2.36. The van der Waals surface area contributed by atoms with Crippen molar-refractivity contribution in [2.24, 2.45) is 11.3 Å². The first-order chi connectivity index (χ1) is 14.6. The molecule has 8 nitrogen and oxygen atoms in total. The Morgan fingerprint density at radius 1 is 1.30 bits per heavy atom. The minimum absolute atomic E-state index is 0.0137. The van der Waals surface area contributed by atoms with Gasteiger partial charge in [0.2, 0.25) is 0 Å². The number of esters is 1.